The summed E-state index contributed by atoms with van der Waals surface area (Å²) in [7, 11) is 0. The summed E-state index contributed by atoms with van der Waals surface area (Å²) in [6.07, 6.45) is 0. The molecule has 0 fully saturated rings. The lowest BCUT2D eigenvalue weighted by Gasteiger charge is -2.17. The van der Waals surface area contributed by atoms with Gasteiger partial charge in [-0.05, 0) is 32.1 Å². The number of nitrogens with zero attached hydrogens (tertiary/aromatic N) is 1. The summed E-state index contributed by atoms with van der Waals surface area (Å²) in [6, 6.07) is 8.20. The fraction of sp³-hybridized carbons (Fsp3) is 0.538. The lowest BCUT2D eigenvalue weighted by atomic mass is 10.2. The molecule has 0 aliphatic rings. The highest BCUT2D eigenvalue weighted by Gasteiger charge is 1.98. The molecule has 0 unspecified atom stereocenters. The summed E-state index contributed by atoms with van der Waals surface area (Å²) >= 11 is 0. The average molecular weight is 244 g/mol. The summed E-state index contributed by atoms with van der Waals surface area (Å²) in [6.45, 7) is 10.4. The molecule has 0 saturated heterocycles. The maximum Gasteiger partial charge on any atom is 0.119 e. The van der Waals surface area contributed by atoms with E-state index in [2.05, 4.69) is 37.8 Å². The summed E-state index contributed by atoms with van der Waals surface area (Å²) < 4.78 is 5.65. The zero-order chi connectivity index (χ0) is 11.1. The molecular formula is C13H22ClNO. The molecule has 0 aliphatic carbocycles. The molecule has 0 saturated carbocycles. The van der Waals surface area contributed by atoms with Crippen LogP contribution in [-0.2, 0) is 0 Å². The standard InChI is InChI=1S/C13H21NO.ClH/c1-4-14(5-2)10-11-15-13-8-6-12(3)7-9-13;/h6-9H,4-5,10-11H2,1-3H3;1H. The van der Waals surface area contributed by atoms with Crippen LogP contribution in [0.5, 0.6) is 5.75 Å². The Morgan fingerprint density at radius 2 is 1.62 bits per heavy atom. The fourth-order valence-corrected chi connectivity index (χ4v) is 1.47. The highest BCUT2D eigenvalue weighted by molar-refractivity contribution is 5.85. The zero-order valence-corrected chi connectivity index (χ0v) is 11.2. The Kier molecular flexibility index (Phi) is 8.04. The molecule has 0 heterocycles. The summed E-state index contributed by atoms with van der Waals surface area (Å²) in [4.78, 5) is 2.36. The maximum atomic E-state index is 5.65. The van der Waals surface area contributed by atoms with Gasteiger partial charge in [0.05, 0.1) is 0 Å². The van der Waals surface area contributed by atoms with Gasteiger partial charge in [-0.3, -0.25) is 0 Å². The van der Waals surface area contributed by atoms with Gasteiger partial charge in [0.15, 0.2) is 0 Å². The molecule has 0 spiro atoms. The Morgan fingerprint density at radius 3 is 2.12 bits per heavy atom. The highest BCUT2D eigenvalue weighted by atomic mass is 35.5. The topological polar surface area (TPSA) is 12.5 Å². The number of hydrogen-bond acceptors (Lipinski definition) is 2. The molecule has 0 amide bonds. The number of benzene rings is 1. The number of likely N-dealkylation sites (N-methyl/N-ethyl adjacent to an activating group) is 1. The van der Waals surface area contributed by atoms with Crippen molar-refractivity contribution in [3.05, 3.63) is 29.8 Å². The van der Waals surface area contributed by atoms with Crippen LogP contribution in [0.25, 0.3) is 0 Å². The van der Waals surface area contributed by atoms with Crippen LogP contribution < -0.4 is 4.74 Å². The first-order valence-electron chi connectivity index (χ1n) is 5.68. The minimum atomic E-state index is 0. The van der Waals surface area contributed by atoms with Gasteiger partial charge in [-0.25, -0.2) is 0 Å². The minimum Gasteiger partial charge on any atom is -0.492 e. The van der Waals surface area contributed by atoms with E-state index < -0.39 is 0 Å². The monoisotopic (exact) mass is 243 g/mol. The second-order valence-corrected chi connectivity index (χ2v) is 3.69. The van der Waals surface area contributed by atoms with Gasteiger partial charge >= 0.3 is 0 Å². The smallest absolute Gasteiger partial charge is 0.119 e. The van der Waals surface area contributed by atoms with Gasteiger partial charge in [-0.2, -0.15) is 0 Å². The Labute approximate surface area is 105 Å². The van der Waals surface area contributed by atoms with E-state index in [1.165, 1.54) is 5.56 Å². The van der Waals surface area contributed by atoms with Gasteiger partial charge in [0, 0.05) is 6.54 Å². The quantitative estimate of drug-likeness (QED) is 0.761. The van der Waals surface area contributed by atoms with E-state index in [9.17, 15) is 0 Å². The number of hydrogen-bond donors (Lipinski definition) is 0. The van der Waals surface area contributed by atoms with Crippen molar-refractivity contribution in [2.24, 2.45) is 0 Å². The van der Waals surface area contributed by atoms with Crippen LogP contribution in [0.3, 0.4) is 0 Å². The molecule has 1 aromatic carbocycles. The SMILES string of the molecule is CCN(CC)CCOc1ccc(C)cc1.Cl. The Hall–Kier alpha value is -0.730. The van der Waals surface area contributed by atoms with Crippen LogP contribution in [0.15, 0.2) is 24.3 Å². The third kappa shape index (κ3) is 5.38. The van der Waals surface area contributed by atoms with Gasteiger partial charge in [0.2, 0.25) is 0 Å². The first-order valence-corrected chi connectivity index (χ1v) is 5.68. The zero-order valence-electron chi connectivity index (χ0n) is 10.4. The molecule has 0 atom stereocenters. The summed E-state index contributed by atoms with van der Waals surface area (Å²) in [5.74, 6) is 0.966. The summed E-state index contributed by atoms with van der Waals surface area (Å²) in [5.41, 5.74) is 1.27. The van der Waals surface area contributed by atoms with Crippen LogP contribution in [0.4, 0.5) is 0 Å². The van der Waals surface area contributed by atoms with E-state index in [1.54, 1.807) is 0 Å². The van der Waals surface area contributed by atoms with E-state index in [-0.39, 0.29) is 12.4 Å². The lowest BCUT2D eigenvalue weighted by Crippen LogP contribution is -2.27. The highest BCUT2D eigenvalue weighted by Crippen LogP contribution is 2.10. The molecular weight excluding hydrogens is 222 g/mol. The molecule has 2 nitrogen and oxygen atoms in total. The van der Waals surface area contributed by atoms with E-state index in [0.717, 1.165) is 32.0 Å². The average Bonchev–Trinajstić information content (AvgIpc) is 2.27. The fourth-order valence-electron chi connectivity index (χ4n) is 1.47. The van der Waals surface area contributed by atoms with Crippen molar-refractivity contribution in [1.29, 1.82) is 0 Å². The summed E-state index contributed by atoms with van der Waals surface area (Å²) in [5, 5.41) is 0. The van der Waals surface area contributed by atoms with Gasteiger partial charge in [-0.1, -0.05) is 31.5 Å². The number of rotatable bonds is 6. The molecule has 0 aliphatic heterocycles. The molecule has 1 aromatic rings. The number of halogens is 1. The van der Waals surface area contributed by atoms with Crippen LogP contribution in [0.1, 0.15) is 19.4 Å². The second-order valence-electron chi connectivity index (χ2n) is 3.69. The van der Waals surface area contributed by atoms with Gasteiger partial charge in [0.1, 0.15) is 12.4 Å². The molecule has 3 heteroatoms. The Balaban J connectivity index is 0.00000225. The van der Waals surface area contributed by atoms with Crippen molar-refractivity contribution in [3.63, 3.8) is 0 Å². The van der Waals surface area contributed by atoms with Crippen molar-refractivity contribution in [3.8, 4) is 5.75 Å². The molecule has 0 N–H and O–H groups in total. The van der Waals surface area contributed by atoms with Crippen molar-refractivity contribution < 1.29 is 4.74 Å². The van der Waals surface area contributed by atoms with Gasteiger partial charge in [0.25, 0.3) is 0 Å². The third-order valence-electron chi connectivity index (χ3n) is 2.59. The van der Waals surface area contributed by atoms with E-state index in [4.69, 9.17) is 4.74 Å². The third-order valence-corrected chi connectivity index (χ3v) is 2.59. The van der Waals surface area contributed by atoms with E-state index in [1.807, 2.05) is 12.1 Å². The van der Waals surface area contributed by atoms with Crippen molar-refractivity contribution in [1.82, 2.24) is 4.90 Å². The normalized spacial score (nSPS) is 10.0. The molecule has 92 valence electrons. The molecule has 0 aromatic heterocycles. The van der Waals surface area contributed by atoms with Crippen LogP contribution in [0.2, 0.25) is 0 Å². The first kappa shape index (κ1) is 15.3. The maximum absolute atomic E-state index is 5.65. The number of ether oxygens (including phenoxy) is 1. The van der Waals surface area contributed by atoms with Crippen molar-refractivity contribution >= 4 is 12.4 Å². The lowest BCUT2D eigenvalue weighted by molar-refractivity contribution is 0.223. The Morgan fingerprint density at radius 1 is 1.06 bits per heavy atom. The van der Waals surface area contributed by atoms with Gasteiger partial charge < -0.3 is 9.64 Å². The second kappa shape index (κ2) is 8.43. The van der Waals surface area contributed by atoms with E-state index in [0.29, 0.717) is 0 Å². The van der Waals surface area contributed by atoms with E-state index >= 15 is 0 Å². The predicted molar refractivity (Wildman–Crippen MR) is 71.7 cm³/mol. The largest absolute Gasteiger partial charge is 0.492 e. The van der Waals surface area contributed by atoms with Crippen molar-refractivity contribution in [2.45, 2.75) is 20.8 Å². The molecule has 0 radical (unpaired) electrons. The Bertz CT molecular complexity index is 270. The molecule has 0 bridgehead atoms. The minimum absolute atomic E-state index is 0. The van der Waals surface area contributed by atoms with Crippen LogP contribution in [-0.4, -0.2) is 31.1 Å². The van der Waals surface area contributed by atoms with Crippen LogP contribution in [0, 0.1) is 6.92 Å². The molecule has 1 rings (SSSR count). The molecule has 16 heavy (non-hydrogen) atoms. The van der Waals surface area contributed by atoms with Crippen molar-refractivity contribution in [2.75, 3.05) is 26.2 Å². The number of aryl methyl sites for hydroxylation is 1. The van der Waals surface area contributed by atoms with Crippen LogP contribution >= 0.6 is 12.4 Å². The first-order chi connectivity index (χ1) is 7.26. The predicted octanol–water partition coefficient (Wildman–Crippen LogP) is 3.14. The van der Waals surface area contributed by atoms with Gasteiger partial charge in [-0.15, -0.1) is 12.4 Å².